The van der Waals surface area contributed by atoms with Gasteiger partial charge >= 0.3 is 0 Å². The average molecular weight is 377 g/mol. The molecule has 0 heterocycles. The fourth-order valence-electron chi connectivity index (χ4n) is 1.60. The summed E-state index contributed by atoms with van der Waals surface area (Å²) in [5, 5.41) is 0. The number of carbonyl (C=O) groups is 1. The molecule has 0 saturated carbocycles. The molecule has 0 bridgehead atoms. The van der Waals surface area contributed by atoms with E-state index in [1.54, 1.807) is 0 Å². The average Bonchev–Trinajstić information content (AvgIpc) is 2.15. The summed E-state index contributed by atoms with van der Waals surface area (Å²) in [4.78, 5) is 10.3. The summed E-state index contributed by atoms with van der Waals surface area (Å²) >= 11 is 0. The van der Waals surface area contributed by atoms with Crippen LogP contribution < -0.4 is 0 Å². The minimum Gasteiger partial charge on any atom is -0.668 e. The molecule has 0 spiro atoms. The summed E-state index contributed by atoms with van der Waals surface area (Å²) < 4.78 is 0. The minimum atomic E-state index is -0.409. The van der Waals surface area contributed by atoms with E-state index in [1.807, 2.05) is 0 Å². The van der Waals surface area contributed by atoms with Crippen molar-refractivity contribution < 1.29 is 30.6 Å². The minimum absolute atomic E-state index is 0. The number of nitrogens with one attached hydrogen (secondary N) is 1. The molecule has 0 rings (SSSR count). The Bertz CT molecular complexity index is 140. The van der Waals surface area contributed by atoms with E-state index in [0.717, 1.165) is 12.8 Å². The Labute approximate surface area is 113 Å². The van der Waals surface area contributed by atoms with Crippen LogP contribution >= 0.6 is 0 Å². The van der Waals surface area contributed by atoms with Crippen molar-refractivity contribution in [3.8, 4) is 0 Å². The predicted octanol–water partition coefficient (Wildman–Crippen LogP) is 4.48. The SMILES string of the molecule is CCCCCCCCCCCC([NH-])=O.[Hf]. The van der Waals surface area contributed by atoms with E-state index in [2.05, 4.69) is 6.92 Å². The Morgan fingerprint density at radius 1 is 0.867 bits per heavy atom. The van der Waals surface area contributed by atoms with E-state index < -0.39 is 5.91 Å². The van der Waals surface area contributed by atoms with Crippen LogP contribution in [0, 0.1) is 0 Å². The zero-order chi connectivity index (χ0) is 10.6. The molecule has 0 aliphatic heterocycles. The van der Waals surface area contributed by atoms with Crippen LogP contribution in [-0.2, 0) is 30.6 Å². The van der Waals surface area contributed by atoms with Crippen molar-refractivity contribution in [3.05, 3.63) is 5.73 Å². The number of amides is 1. The van der Waals surface area contributed by atoms with E-state index in [9.17, 15) is 4.79 Å². The van der Waals surface area contributed by atoms with Crippen molar-refractivity contribution in [2.24, 2.45) is 0 Å². The topological polar surface area (TPSA) is 40.9 Å². The quantitative estimate of drug-likeness (QED) is 0.409. The predicted molar refractivity (Wildman–Crippen MR) is 61.2 cm³/mol. The van der Waals surface area contributed by atoms with Gasteiger partial charge in [-0.3, -0.25) is 0 Å². The molecule has 0 aromatic heterocycles. The summed E-state index contributed by atoms with van der Waals surface area (Å²) in [6, 6.07) is 0. The third kappa shape index (κ3) is 17.0. The van der Waals surface area contributed by atoms with E-state index in [4.69, 9.17) is 5.73 Å². The van der Waals surface area contributed by atoms with Crippen LogP contribution in [0.3, 0.4) is 0 Å². The Morgan fingerprint density at radius 3 is 1.67 bits per heavy atom. The van der Waals surface area contributed by atoms with Crippen molar-refractivity contribution >= 4 is 5.91 Å². The van der Waals surface area contributed by atoms with Gasteiger partial charge in [0.15, 0.2) is 0 Å². The fraction of sp³-hybridized carbons (Fsp3) is 0.917. The van der Waals surface area contributed by atoms with Gasteiger partial charge in [0.25, 0.3) is 0 Å². The van der Waals surface area contributed by atoms with Gasteiger partial charge in [-0.2, -0.15) is 0 Å². The van der Waals surface area contributed by atoms with Crippen LogP contribution in [0.1, 0.15) is 71.1 Å². The van der Waals surface area contributed by atoms with Gasteiger partial charge < -0.3 is 10.5 Å². The molecule has 2 nitrogen and oxygen atoms in total. The van der Waals surface area contributed by atoms with Crippen LogP contribution in [0.4, 0.5) is 0 Å². The number of carbonyl (C=O) groups excluding carboxylic acids is 1. The number of hydrogen-bond donors (Lipinski definition) is 0. The maximum Gasteiger partial charge on any atom is 0.0487 e. The van der Waals surface area contributed by atoms with Crippen molar-refractivity contribution in [2.45, 2.75) is 71.1 Å². The molecule has 0 aliphatic carbocycles. The second kappa shape index (κ2) is 14.3. The first-order chi connectivity index (χ1) is 6.77. The van der Waals surface area contributed by atoms with Gasteiger partial charge in [-0.25, -0.2) is 0 Å². The summed E-state index contributed by atoms with van der Waals surface area (Å²) in [6.07, 6.45) is 11.8. The van der Waals surface area contributed by atoms with Gasteiger partial charge in [0.05, 0.1) is 0 Å². The molecule has 0 saturated heterocycles. The summed E-state index contributed by atoms with van der Waals surface area (Å²) in [7, 11) is 0. The number of hydrogen-bond acceptors (Lipinski definition) is 1. The number of unbranched alkanes of at least 4 members (excludes halogenated alkanes) is 8. The Morgan fingerprint density at radius 2 is 1.27 bits per heavy atom. The van der Waals surface area contributed by atoms with Gasteiger partial charge in [-0.1, -0.05) is 58.3 Å². The first kappa shape index (κ1) is 17.7. The maximum absolute atomic E-state index is 10.3. The largest absolute Gasteiger partial charge is 0.668 e. The normalized spacial score (nSPS) is 9.67. The van der Waals surface area contributed by atoms with E-state index in [0.29, 0.717) is 6.42 Å². The van der Waals surface area contributed by atoms with Crippen LogP contribution in [0.5, 0.6) is 0 Å². The monoisotopic (exact) mass is 378 g/mol. The third-order valence-electron chi connectivity index (χ3n) is 2.51. The number of rotatable bonds is 10. The van der Waals surface area contributed by atoms with Crippen LogP contribution in [0.2, 0.25) is 0 Å². The van der Waals surface area contributed by atoms with E-state index >= 15 is 0 Å². The molecule has 0 unspecified atom stereocenters. The Balaban J connectivity index is 0. The molecule has 0 radical (unpaired) electrons. The molecule has 1 amide bonds. The molecule has 15 heavy (non-hydrogen) atoms. The first-order valence-electron chi connectivity index (χ1n) is 6.01. The van der Waals surface area contributed by atoms with Gasteiger partial charge in [0, 0.05) is 31.8 Å². The van der Waals surface area contributed by atoms with Gasteiger partial charge in [0.2, 0.25) is 0 Å². The Kier molecular flexibility index (Phi) is 16.9. The van der Waals surface area contributed by atoms with Gasteiger partial charge in [-0.15, -0.1) is 0 Å². The zero-order valence-corrected chi connectivity index (χ0v) is 13.6. The summed E-state index contributed by atoms with van der Waals surface area (Å²) in [5.41, 5.74) is 6.73. The molecule has 0 fully saturated rings. The molecular formula is C12H24HfNO-. The molecule has 3 heteroatoms. The van der Waals surface area contributed by atoms with E-state index in [-0.39, 0.29) is 25.8 Å². The van der Waals surface area contributed by atoms with Crippen molar-refractivity contribution in [1.29, 1.82) is 0 Å². The van der Waals surface area contributed by atoms with Crippen molar-refractivity contribution in [3.63, 3.8) is 0 Å². The Hall–Kier alpha value is 0.340. The first-order valence-corrected chi connectivity index (χ1v) is 6.01. The smallest absolute Gasteiger partial charge is 0.0487 e. The van der Waals surface area contributed by atoms with Crippen molar-refractivity contribution in [2.75, 3.05) is 0 Å². The van der Waals surface area contributed by atoms with Gasteiger partial charge in [0.1, 0.15) is 0 Å². The fourth-order valence-corrected chi connectivity index (χ4v) is 1.60. The molecule has 88 valence electrons. The van der Waals surface area contributed by atoms with Gasteiger partial charge in [-0.05, 0) is 12.8 Å². The second-order valence-electron chi connectivity index (χ2n) is 4.00. The molecule has 0 atom stereocenters. The summed E-state index contributed by atoms with van der Waals surface area (Å²) in [6.45, 7) is 2.23. The molecule has 1 N–H and O–H groups in total. The molecule has 0 aliphatic rings. The molecule has 0 aromatic carbocycles. The van der Waals surface area contributed by atoms with E-state index in [1.165, 1.54) is 44.9 Å². The zero-order valence-electron chi connectivity index (χ0n) is 9.98. The maximum atomic E-state index is 10.3. The summed E-state index contributed by atoms with van der Waals surface area (Å²) in [5.74, 6) is -0.409. The van der Waals surface area contributed by atoms with Crippen LogP contribution in [0.25, 0.3) is 5.73 Å². The standard InChI is InChI=1S/C12H25NO.Hf/c1-2-3-4-5-6-7-8-9-10-11-12(13)14;/h2-11H2,1H3,(H2,13,14);/p-1. The second-order valence-corrected chi connectivity index (χ2v) is 4.00. The van der Waals surface area contributed by atoms with Crippen LogP contribution in [0.15, 0.2) is 0 Å². The van der Waals surface area contributed by atoms with Crippen LogP contribution in [-0.4, -0.2) is 5.91 Å². The molecule has 0 aromatic rings. The third-order valence-corrected chi connectivity index (χ3v) is 2.51. The van der Waals surface area contributed by atoms with Crippen molar-refractivity contribution in [1.82, 2.24) is 0 Å². The molecular weight excluding hydrogens is 353 g/mol.